The SMILES string of the molecule is C#CCN1CCC(C(=O)Nc2cc(-c3c(F)cccc3F)[nH]n2)CC1. The summed E-state index contributed by atoms with van der Waals surface area (Å²) in [6, 6.07) is 5.05. The topological polar surface area (TPSA) is 61.0 Å². The summed E-state index contributed by atoms with van der Waals surface area (Å²) in [6.45, 7) is 2.13. The largest absolute Gasteiger partial charge is 0.309 e. The van der Waals surface area contributed by atoms with Gasteiger partial charge in [-0.1, -0.05) is 12.0 Å². The van der Waals surface area contributed by atoms with Crippen LogP contribution in [0.2, 0.25) is 0 Å². The number of carbonyl (C=O) groups excluding carboxylic acids is 1. The Labute approximate surface area is 144 Å². The van der Waals surface area contributed by atoms with E-state index >= 15 is 0 Å². The maximum atomic E-state index is 13.8. The lowest BCUT2D eigenvalue weighted by Gasteiger charge is -2.29. The number of nitrogens with one attached hydrogen (secondary N) is 2. The fourth-order valence-corrected chi connectivity index (χ4v) is 2.98. The number of halogens is 2. The maximum absolute atomic E-state index is 13.8. The fraction of sp³-hybridized carbons (Fsp3) is 0.333. The van der Waals surface area contributed by atoms with Crippen molar-refractivity contribution >= 4 is 11.7 Å². The van der Waals surface area contributed by atoms with Crippen molar-refractivity contribution in [3.63, 3.8) is 0 Å². The van der Waals surface area contributed by atoms with Crippen molar-refractivity contribution < 1.29 is 13.6 Å². The van der Waals surface area contributed by atoms with Crippen molar-refractivity contribution in [1.82, 2.24) is 15.1 Å². The summed E-state index contributed by atoms with van der Waals surface area (Å²) >= 11 is 0. The summed E-state index contributed by atoms with van der Waals surface area (Å²) in [5.41, 5.74) is -0.0205. The number of likely N-dealkylation sites (tertiary alicyclic amines) is 1. The number of aromatic nitrogens is 2. The molecule has 2 aromatic rings. The summed E-state index contributed by atoms with van der Waals surface area (Å²) in [4.78, 5) is 14.5. The van der Waals surface area contributed by atoms with Gasteiger partial charge in [-0.15, -0.1) is 6.42 Å². The molecule has 0 spiro atoms. The van der Waals surface area contributed by atoms with E-state index in [9.17, 15) is 13.6 Å². The minimum atomic E-state index is -0.692. The molecule has 5 nitrogen and oxygen atoms in total. The number of hydrogen-bond donors (Lipinski definition) is 2. The predicted octanol–water partition coefficient (Wildman–Crippen LogP) is 2.64. The lowest BCUT2D eigenvalue weighted by molar-refractivity contribution is -0.121. The molecule has 0 saturated carbocycles. The van der Waals surface area contributed by atoms with Crippen molar-refractivity contribution in [3.05, 3.63) is 35.9 Å². The van der Waals surface area contributed by atoms with Crippen LogP contribution in [0.1, 0.15) is 12.8 Å². The highest BCUT2D eigenvalue weighted by Crippen LogP contribution is 2.26. The van der Waals surface area contributed by atoms with Crippen LogP contribution in [-0.4, -0.2) is 40.6 Å². The monoisotopic (exact) mass is 344 g/mol. The second-order valence-corrected chi connectivity index (χ2v) is 6.01. The van der Waals surface area contributed by atoms with E-state index in [0.29, 0.717) is 19.4 Å². The number of terminal acetylenes is 1. The molecule has 0 unspecified atom stereocenters. The molecule has 2 N–H and O–H groups in total. The molecule has 0 atom stereocenters. The van der Waals surface area contributed by atoms with Gasteiger partial charge in [-0.05, 0) is 38.1 Å². The molecule has 1 saturated heterocycles. The van der Waals surface area contributed by atoms with E-state index in [1.165, 1.54) is 24.3 Å². The fourth-order valence-electron chi connectivity index (χ4n) is 2.98. The summed E-state index contributed by atoms with van der Waals surface area (Å²) in [5, 5.41) is 9.19. The van der Waals surface area contributed by atoms with E-state index < -0.39 is 11.6 Å². The van der Waals surface area contributed by atoms with Crippen LogP contribution in [0.25, 0.3) is 11.3 Å². The number of piperidine rings is 1. The molecule has 1 aromatic heterocycles. The van der Waals surface area contributed by atoms with Crippen molar-refractivity contribution in [3.8, 4) is 23.6 Å². The first-order valence-electron chi connectivity index (χ1n) is 8.05. The molecule has 1 fully saturated rings. The van der Waals surface area contributed by atoms with Crippen LogP contribution in [0.5, 0.6) is 0 Å². The molecule has 1 aliphatic rings. The molecule has 7 heteroatoms. The van der Waals surface area contributed by atoms with Gasteiger partial charge in [0, 0.05) is 12.0 Å². The van der Waals surface area contributed by atoms with E-state index in [0.717, 1.165) is 13.1 Å². The van der Waals surface area contributed by atoms with Gasteiger partial charge < -0.3 is 5.32 Å². The average molecular weight is 344 g/mol. The second-order valence-electron chi connectivity index (χ2n) is 6.01. The van der Waals surface area contributed by atoms with E-state index in [1.807, 2.05) is 0 Å². The Bertz CT molecular complexity index is 783. The molecule has 3 rings (SSSR count). The Morgan fingerprint density at radius 1 is 1.36 bits per heavy atom. The van der Waals surface area contributed by atoms with E-state index in [1.54, 1.807) is 0 Å². The standard InChI is InChI=1S/C18H18F2N4O/c1-2-8-24-9-6-12(7-10-24)18(25)21-16-11-15(22-23-16)17-13(19)4-3-5-14(17)20/h1,3-5,11-12H,6-10H2,(H2,21,22,23,25). The lowest BCUT2D eigenvalue weighted by Crippen LogP contribution is -2.38. The molecule has 1 aromatic carbocycles. The minimum absolute atomic E-state index is 0.126. The van der Waals surface area contributed by atoms with Gasteiger partial charge in [-0.25, -0.2) is 8.78 Å². The number of rotatable bonds is 4. The normalized spacial score (nSPS) is 15.7. The number of benzene rings is 1. The average Bonchev–Trinajstić information content (AvgIpc) is 3.03. The van der Waals surface area contributed by atoms with Crippen molar-refractivity contribution in [2.75, 3.05) is 25.0 Å². The first-order valence-corrected chi connectivity index (χ1v) is 8.05. The van der Waals surface area contributed by atoms with Crippen LogP contribution in [0.15, 0.2) is 24.3 Å². The zero-order chi connectivity index (χ0) is 17.8. The number of anilines is 1. The summed E-state index contributed by atoms with van der Waals surface area (Å²) < 4.78 is 27.6. The van der Waals surface area contributed by atoms with Gasteiger partial charge >= 0.3 is 0 Å². The molecule has 25 heavy (non-hydrogen) atoms. The summed E-state index contributed by atoms with van der Waals surface area (Å²) in [5.74, 6) is 1.19. The Morgan fingerprint density at radius 2 is 2.04 bits per heavy atom. The molecule has 2 heterocycles. The van der Waals surface area contributed by atoms with E-state index in [4.69, 9.17) is 6.42 Å². The molecular weight excluding hydrogens is 326 g/mol. The van der Waals surface area contributed by atoms with Crippen LogP contribution in [0.4, 0.5) is 14.6 Å². The smallest absolute Gasteiger partial charge is 0.228 e. The van der Waals surface area contributed by atoms with Gasteiger partial charge in [0.05, 0.1) is 17.8 Å². The number of H-pyrrole nitrogens is 1. The third-order valence-corrected chi connectivity index (χ3v) is 4.33. The predicted molar refractivity (Wildman–Crippen MR) is 90.6 cm³/mol. The second kappa shape index (κ2) is 7.45. The van der Waals surface area contributed by atoms with Crippen molar-refractivity contribution in [2.45, 2.75) is 12.8 Å². The number of amides is 1. The van der Waals surface area contributed by atoms with Gasteiger partial charge in [0.2, 0.25) is 5.91 Å². The third kappa shape index (κ3) is 3.86. The molecule has 0 bridgehead atoms. The molecule has 1 aliphatic heterocycles. The first kappa shape index (κ1) is 17.1. The zero-order valence-electron chi connectivity index (χ0n) is 13.6. The molecule has 1 amide bonds. The molecular formula is C18H18F2N4O. The first-order chi connectivity index (χ1) is 12.1. The van der Waals surface area contributed by atoms with Gasteiger partial charge in [-0.2, -0.15) is 5.10 Å². The Kier molecular flexibility index (Phi) is 5.10. The highest BCUT2D eigenvalue weighted by atomic mass is 19.1. The Balaban J connectivity index is 1.64. The van der Waals surface area contributed by atoms with Crippen LogP contribution < -0.4 is 5.32 Å². The van der Waals surface area contributed by atoms with Crippen LogP contribution in [0.3, 0.4) is 0 Å². The van der Waals surface area contributed by atoms with Crippen LogP contribution >= 0.6 is 0 Å². The lowest BCUT2D eigenvalue weighted by atomic mass is 9.96. The summed E-state index contributed by atoms with van der Waals surface area (Å²) in [6.07, 6.45) is 6.72. The number of nitrogens with zero attached hydrogens (tertiary/aromatic N) is 2. The number of hydrogen-bond acceptors (Lipinski definition) is 3. The number of carbonyl (C=O) groups is 1. The van der Waals surface area contributed by atoms with E-state index in [-0.39, 0.29) is 28.9 Å². The Morgan fingerprint density at radius 3 is 2.68 bits per heavy atom. The van der Waals surface area contributed by atoms with E-state index in [2.05, 4.69) is 26.3 Å². The third-order valence-electron chi connectivity index (χ3n) is 4.33. The molecule has 130 valence electrons. The quantitative estimate of drug-likeness (QED) is 0.839. The van der Waals surface area contributed by atoms with Gasteiger partial charge in [0.1, 0.15) is 11.6 Å². The Hall–Kier alpha value is -2.72. The van der Waals surface area contributed by atoms with Crippen LogP contribution in [0, 0.1) is 29.9 Å². The highest BCUT2D eigenvalue weighted by Gasteiger charge is 2.25. The molecule has 0 aliphatic carbocycles. The van der Waals surface area contributed by atoms with Crippen molar-refractivity contribution in [2.24, 2.45) is 5.92 Å². The van der Waals surface area contributed by atoms with Gasteiger partial charge in [-0.3, -0.25) is 14.8 Å². The highest BCUT2D eigenvalue weighted by molar-refractivity contribution is 5.92. The van der Waals surface area contributed by atoms with Gasteiger partial charge in [0.25, 0.3) is 0 Å². The van der Waals surface area contributed by atoms with Crippen molar-refractivity contribution in [1.29, 1.82) is 0 Å². The zero-order valence-corrected chi connectivity index (χ0v) is 13.6. The van der Waals surface area contributed by atoms with Gasteiger partial charge in [0.15, 0.2) is 5.82 Å². The minimum Gasteiger partial charge on any atom is -0.309 e. The van der Waals surface area contributed by atoms with Crippen LogP contribution in [-0.2, 0) is 4.79 Å². The molecule has 0 radical (unpaired) electrons. The maximum Gasteiger partial charge on any atom is 0.228 e. The number of aromatic amines is 1. The summed E-state index contributed by atoms with van der Waals surface area (Å²) in [7, 11) is 0.